The minimum atomic E-state index is 0.702. The second-order valence-corrected chi connectivity index (χ2v) is 5.78. The van der Waals surface area contributed by atoms with Crippen molar-refractivity contribution in [2.75, 3.05) is 11.4 Å². The van der Waals surface area contributed by atoms with Crippen LogP contribution in [-0.2, 0) is 0 Å². The molecule has 1 aliphatic rings. The first-order valence-electron chi connectivity index (χ1n) is 7.88. The summed E-state index contributed by atoms with van der Waals surface area (Å²) in [5.74, 6) is 0. The van der Waals surface area contributed by atoms with Crippen molar-refractivity contribution in [3.8, 4) is 0 Å². The number of para-hydroxylation sites is 1. The molecule has 0 spiro atoms. The number of hydrazone groups is 1. The Balaban J connectivity index is 1.88. The lowest BCUT2D eigenvalue weighted by atomic mass is 10.1. The largest absolute Gasteiger partial charge is 0.336 e. The van der Waals surface area contributed by atoms with Crippen LogP contribution in [0.4, 0.5) is 5.69 Å². The Morgan fingerprint density at radius 2 is 2.00 bits per heavy atom. The topological polar surface area (TPSA) is 27.6 Å². The molecule has 0 atom stereocenters. The molecule has 120 valence electrons. The van der Waals surface area contributed by atoms with E-state index in [2.05, 4.69) is 66.4 Å². The van der Waals surface area contributed by atoms with E-state index in [1.54, 1.807) is 0 Å². The van der Waals surface area contributed by atoms with Gasteiger partial charge >= 0.3 is 0 Å². The zero-order valence-electron chi connectivity index (χ0n) is 13.9. The molecular formula is C21H21N3. The van der Waals surface area contributed by atoms with Crippen LogP contribution in [0.25, 0.3) is 5.70 Å². The second-order valence-electron chi connectivity index (χ2n) is 5.78. The van der Waals surface area contributed by atoms with Crippen molar-refractivity contribution in [3.05, 3.63) is 96.7 Å². The van der Waals surface area contributed by atoms with Crippen LogP contribution in [0.2, 0.25) is 0 Å². The normalized spacial score (nSPS) is 14.6. The highest BCUT2D eigenvalue weighted by atomic mass is 15.3. The van der Waals surface area contributed by atoms with Gasteiger partial charge in [-0.05, 0) is 24.6 Å². The van der Waals surface area contributed by atoms with Crippen LogP contribution in [0.15, 0.2) is 85.1 Å². The fraction of sp³-hybridized carbons (Fsp3) is 0.0952. The summed E-state index contributed by atoms with van der Waals surface area (Å²) in [7, 11) is 0. The van der Waals surface area contributed by atoms with Crippen LogP contribution in [0.5, 0.6) is 0 Å². The third-order valence-electron chi connectivity index (χ3n) is 4.03. The molecule has 0 bridgehead atoms. The molecule has 0 fully saturated rings. The van der Waals surface area contributed by atoms with Gasteiger partial charge in [-0.1, -0.05) is 61.2 Å². The Labute approximate surface area is 143 Å². The second kappa shape index (κ2) is 6.59. The molecule has 2 aromatic rings. The van der Waals surface area contributed by atoms with Gasteiger partial charge in [0.05, 0.1) is 17.1 Å². The fourth-order valence-electron chi connectivity index (χ4n) is 2.82. The van der Waals surface area contributed by atoms with Gasteiger partial charge in [-0.15, -0.1) is 6.58 Å². The van der Waals surface area contributed by atoms with Gasteiger partial charge in [0.15, 0.2) is 0 Å². The molecule has 0 radical (unpaired) electrons. The number of nitrogens with one attached hydrogen (secondary N) is 1. The van der Waals surface area contributed by atoms with E-state index in [9.17, 15) is 0 Å². The number of anilines is 1. The number of nitrogens with zero attached hydrogens (tertiary/aromatic N) is 2. The van der Waals surface area contributed by atoms with Gasteiger partial charge in [-0.25, -0.2) is 0 Å². The van der Waals surface area contributed by atoms with Crippen LogP contribution in [0.1, 0.15) is 16.7 Å². The van der Waals surface area contributed by atoms with Crippen molar-refractivity contribution in [1.29, 1.82) is 0 Å². The Bertz CT molecular complexity index is 846. The van der Waals surface area contributed by atoms with Gasteiger partial charge < -0.3 is 4.90 Å². The Morgan fingerprint density at radius 3 is 2.75 bits per heavy atom. The summed E-state index contributed by atoms with van der Waals surface area (Å²) < 4.78 is 0. The molecule has 3 rings (SSSR count). The van der Waals surface area contributed by atoms with E-state index in [0.29, 0.717) is 6.54 Å². The molecular weight excluding hydrogens is 294 g/mol. The Kier molecular flexibility index (Phi) is 4.34. The highest BCUT2D eigenvalue weighted by Gasteiger charge is 2.27. The summed E-state index contributed by atoms with van der Waals surface area (Å²) in [6.07, 6.45) is 1.87. The van der Waals surface area contributed by atoms with Gasteiger partial charge in [-0.2, -0.15) is 5.10 Å². The first-order chi connectivity index (χ1) is 11.6. The molecule has 2 aromatic carbocycles. The number of aryl methyl sites for hydroxylation is 1. The van der Waals surface area contributed by atoms with Gasteiger partial charge in [0.25, 0.3) is 0 Å². The van der Waals surface area contributed by atoms with Gasteiger partial charge in [-0.3, -0.25) is 5.43 Å². The number of hydrogen-bond donors (Lipinski definition) is 1. The van der Waals surface area contributed by atoms with E-state index in [1.807, 2.05) is 30.3 Å². The summed E-state index contributed by atoms with van der Waals surface area (Å²) in [5, 5.41) is 4.58. The molecule has 0 unspecified atom stereocenters. The van der Waals surface area contributed by atoms with Crippen LogP contribution < -0.4 is 10.3 Å². The number of rotatable bonds is 5. The van der Waals surface area contributed by atoms with E-state index in [4.69, 9.17) is 0 Å². The lowest BCUT2D eigenvalue weighted by molar-refractivity contribution is 0.990. The van der Waals surface area contributed by atoms with Crippen molar-refractivity contribution in [2.24, 2.45) is 5.10 Å². The number of fused-ring (bicyclic) bond motifs is 1. The predicted octanol–water partition coefficient (Wildman–Crippen LogP) is 4.48. The molecule has 0 saturated heterocycles. The van der Waals surface area contributed by atoms with Crippen molar-refractivity contribution < 1.29 is 0 Å². The molecule has 3 heteroatoms. The van der Waals surface area contributed by atoms with Crippen molar-refractivity contribution >= 4 is 17.1 Å². The average molecular weight is 315 g/mol. The zero-order chi connectivity index (χ0) is 17.1. The lowest BCUT2D eigenvalue weighted by Gasteiger charge is -2.17. The zero-order valence-corrected chi connectivity index (χ0v) is 13.9. The fourth-order valence-corrected chi connectivity index (χ4v) is 2.82. The summed E-state index contributed by atoms with van der Waals surface area (Å²) in [5.41, 5.74) is 9.92. The molecule has 1 aliphatic heterocycles. The van der Waals surface area contributed by atoms with Gasteiger partial charge in [0.2, 0.25) is 0 Å². The van der Waals surface area contributed by atoms with E-state index in [1.165, 1.54) is 5.56 Å². The molecule has 0 saturated carbocycles. The van der Waals surface area contributed by atoms with Crippen molar-refractivity contribution in [2.45, 2.75) is 6.92 Å². The highest BCUT2D eigenvalue weighted by Crippen LogP contribution is 2.33. The predicted molar refractivity (Wildman–Crippen MR) is 103 cm³/mol. The molecule has 0 amide bonds. The van der Waals surface area contributed by atoms with Gasteiger partial charge in [0.1, 0.15) is 5.71 Å². The number of allylic oxidation sites excluding steroid dienone is 1. The quantitative estimate of drug-likeness (QED) is 0.651. The lowest BCUT2D eigenvalue weighted by Crippen LogP contribution is -2.20. The standard InChI is InChI=1S/C21H21N3/c1-5-13-24-17(4)21(19-11-6-7-12-20(19)24)23-22-16(3)18-10-8-9-15(2)14-18/h5-12,14,22H,1,3-4,13H2,2H3/b23-21+. The maximum atomic E-state index is 4.58. The number of hydrogen-bond acceptors (Lipinski definition) is 3. The van der Waals surface area contributed by atoms with E-state index < -0.39 is 0 Å². The highest BCUT2D eigenvalue weighted by molar-refractivity contribution is 6.21. The van der Waals surface area contributed by atoms with Crippen molar-refractivity contribution in [3.63, 3.8) is 0 Å². The first-order valence-corrected chi connectivity index (χ1v) is 7.88. The summed E-state index contributed by atoms with van der Waals surface area (Å²) in [6, 6.07) is 16.3. The average Bonchev–Trinajstić information content (AvgIpc) is 2.85. The van der Waals surface area contributed by atoms with Crippen LogP contribution >= 0.6 is 0 Å². The van der Waals surface area contributed by atoms with Gasteiger partial charge in [0, 0.05) is 12.1 Å². The third kappa shape index (κ3) is 2.88. The Hall–Kier alpha value is -3.07. The molecule has 3 nitrogen and oxygen atoms in total. The maximum Gasteiger partial charge on any atom is 0.116 e. The SMILES string of the molecule is C=CCN1C(=C)/C(=N\NC(=C)c2cccc(C)c2)c2ccccc21. The molecule has 24 heavy (non-hydrogen) atoms. The molecule has 1 heterocycles. The minimum absolute atomic E-state index is 0.702. The third-order valence-corrected chi connectivity index (χ3v) is 4.03. The van der Waals surface area contributed by atoms with Crippen molar-refractivity contribution in [1.82, 2.24) is 5.43 Å². The van der Waals surface area contributed by atoms with E-state index in [0.717, 1.165) is 33.9 Å². The van der Waals surface area contributed by atoms with Crippen LogP contribution in [0, 0.1) is 6.92 Å². The Morgan fingerprint density at radius 1 is 1.21 bits per heavy atom. The minimum Gasteiger partial charge on any atom is -0.336 e. The molecule has 0 aromatic heterocycles. The summed E-state index contributed by atoms with van der Waals surface area (Å²) in [4.78, 5) is 2.11. The molecule has 1 N–H and O–H groups in total. The molecule has 0 aliphatic carbocycles. The summed E-state index contributed by atoms with van der Waals surface area (Å²) >= 11 is 0. The monoisotopic (exact) mass is 315 g/mol. The smallest absolute Gasteiger partial charge is 0.116 e. The van der Waals surface area contributed by atoms with Crippen LogP contribution in [0.3, 0.4) is 0 Å². The van der Waals surface area contributed by atoms with Crippen LogP contribution in [-0.4, -0.2) is 12.3 Å². The maximum absolute atomic E-state index is 4.58. The van der Waals surface area contributed by atoms with E-state index >= 15 is 0 Å². The summed E-state index contributed by atoms with van der Waals surface area (Å²) in [6.45, 7) is 14.9. The number of benzene rings is 2. The van der Waals surface area contributed by atoms with E-state index in [-0.39, 0.29) is 0 Å². The first kappa shape index (κ1) is 15.8.